The van der Waals surface area contributed by atoms with Crippen LogP contribution in [0, 0.1) is 11.8 Å². The van der Waals surface area contributed by atoms with Crippen LogP contribution in [0.4, 0.5) is 28.9 Å². The van der Waals surface area contributed by atoms with Crippen LogP contribution >= 0.6 is 0 Å². The van der Waals surface area contributed by atoms with E-state index in [0.717, 1.165) is 6.54 Å². The smallest absolute Gasteiger partial charge is 0.390 e. The number of nitrogens with one attached hydrogen (secondary N) is 2. The minimum Gasteiger partial charge on any atom is -0.495 e. The quantitative estimate of drug-likeness (QED) is 0.209. The normalized spacial score (nSPS) is 17.9. The van der Waals surface area contributed by atoms with Gasteiger partial charge in [-0.2, -0.15) is 13.2 Å². The van der Waals surface area contributed by atoms with Crippen molar-refractivity contribution in [1.82, 2.24) is 9.47 Å². The zero-order chi connectivity index (χ0) is 30.7. The van der Waals surface area contributed by atoms with Crippen LogP contribution in [0.1, 0.15) is 49.7 Å². The van der Waals surface area contributed by atoms with E-state index in [0.29, 0.717) is 46.7 Å². The zero-order valence-electron chi connectivity index (χ0n) is 24.1. The Morgan fingerprint density at radius 2 is 1.90 bits per heavy atom. The fourth-order valence-corrected chi connectivity index (χ4v) is 5.11. The number of rotatable bonds is 8. The molecule has 0 aliphatic carbocycles. The molecule has 7 nitrogen and oxygen atoms in total. The second kappa shape index (κ2) is 12.5. The number of carboxylic acids is 1. The minimum atomic E-state index is -4.35. The van der Waals surface area contributed by atoms with E-state index in [1.165, 1.54) is 19.2 Å². The lowest BCUT2D eigenvalue weighted by molar-refractivity contribution is -0.136. The van der Waals surface area contributed by atoms with Crippen LogP contribution in [-0.4, -0.2) is 71.2 Å². The highest BCUT2D eigenvalue weighted by atomic mass is 19.4. The number of fused-ring (bicyclic) bond motifs is 1. The van der Waals surface area contributed by atoms with Gasteiger partial charge in [0.25, 0.3) is 0 Å². The van der Waals surface area contributed by atoms with E-state index in [4.69, 9.17) is 4.74 Å². The van der Waals surface area contributed by atoms with Crippen molar-refractivity contribution >= 4 is 28.2 Å². The molecule has 0 radical (unpaired) electrons. The maximum Gasteiger partial charge on any atom is 0.390 e. The van der Waals surface area contributed by atoms with Crippen LogP contribution in [0.25, 0.3) is 10.9 Å². The number of alkyl halides is 4. The summed E-state index contributed by atoms with van der Waals surface area (Å²) in [4.78, 5) is 13.3. The summed E-state index contributed by atoms with van der Waals surface area (Å²) >= 11 is 0. The summed E-state index contributed by atoms with van der Waals surface area (Å²) in [5.74, 6) is 5.16. The van der Waals surface area contributed by atoms with Crippen molar-refractivity contribution in [2.75, 3.05) is 37.4 Å². The summed E-state index contributed by atoms with van der Waals surface area (Å²) in [5, 5.41) is 16.2. The number of nitrogens with zero attached hydrogens (tertiary/aromatic N) is 2. The zero-order valence-corrected chi connectivity index (χ0v) is 24.1. The number of methoxy groups -OCH3 is 1. The molecule has 0 bridgehead atoms. The summed E-state index contributed by atoms with van der Waals surface area (Å²) in [6, 6.07) is 11.0. The second-order valence-corrected chi connectivity index (χ2v) is 11.3. The largest absolute Gasteiger partial charge is 0.495 e. The molecule has 1 aromatic heterocycles. The number of aromatic nitrogens is 1. The molecule has 3 N–H and O–H groups in total. The molecule has 2 aromatic carbocycles. The average Bonchev–Trinajstić information content (AvgIpc) is 3.28. The van der Waals surface area contributed by atoms with Crippen LogP contribution < -0.4 is 15.4 Å². The third-order valence-electron chi connectivity index (χ3n) is 7.43. The van der Waals surface area contributed by atoms with Crippen molar-refractivity contribution < 1.29 is 32.2 Å². The van der Waals surface area contributed by atoms with Gasteiger partial charge in [0.2, 0.25) is 0 Å². The molecule has 2 heterocycles. The first kappa shape index (κ1) is 31.0. The number of benzene rings is 2. The van der Waals surface area contributed by atoms with Gasteiger partial charge in [0.15, 0.2) is 0 Å². The third kappa shape index (κ3) is 7.48. The van der Waals surface area contributed by atoms with E-state index in [-0.39, 0.29) is 24.2 Å². The van der Waals surface area contributed by atoms with Gasteiger partial charge in [-0.05, 0) is 69.5 Å². The number of likely N-dealkylation sites (tertiary alicyclic amines) is 1. The molecule has 0 saturated carbocycles. The lowest BCUT2D eigenvalue weighted by Crippen LogP contribution is -2.54. The number of aryl methyl sites for hydroxylation is 1. The van der Waals surface area contributed by atoms with Gasteiger partial charge < -0.3 is 25.0 Å². The molecule has 0 amide bonds. The maximum atomic E-state index is 15.2. The standard InChI is InChI=1S/C31H36F4N4O3/c1-30(2,3)38-15-12-25(23(32)19-38)37-24-8-5-9-27-22(24)18-21(39(27)16-13-31(33,34)35)7-6-14-36-26-11-10-20(29(40)41)17-28(26)42-4/h5,8-11,17-18,23,25,36-37H,12-16,19H2,1-4H3,(H,40,41)/t23-,25+/m0/s1. The molecule has 1 saturated heterocycles. The highest BCUT2D eigenvalue weighted by molar-refractivity contribution is 5.94. The van der Waals surface area contributed by atoms with Gasteiger partial charge in [0.05, 0.1) is 48.6 Å². The van der Waals surface area contributed by atoms with Gasteiger partial charge in [-0.3, -0.25) is 4.90 Å². The summed E-state index contributed by atoms with van der Waals surface area (Å²) in [5.41, 5.74) is 2.09. The molecular formula is C31H36F4N4O3. The first-order chi connectivity index (χ1) is 19.8. The number of carbonyl (C=O) groups is 1. The summed E-state index contributed by atoms with van der Waals surface area (Å²) in [7, 11) is 1.42. The van der Waals surface area contributed by atoms with E-state index in [9.17, 15) is 23.1 Å². The number of ether oxygens (including phenoxy) is 1. The number of hydrogen-bond donors (Lipinski definition) is 3. The predicted octanol–water partition coefficient (Wildman–Crippen LogP) is 6.39. The number of hydrogen-bond acceptors (Lipinski definition) is 5. The van der Waals surface area contributed by atoms with Crippen LogP contribution in [0.5, 0.6) is 5.75 Å². The third-order valence-corrected chi connectivity index (χ3v) is 7.43. The molecule has 226 valence electrons. The monoisotopic (exact) mass is 588 g/mol. The van der Waals surface area contributed by atoms with Gasteiger partial charge in [0.1, 0.15) is 11.9 Å². The second-order valence-electron chi connectivity index (χ2n) is 11.3. The number of piperidine rings is 1. The van der Waals surface area contributed by atoms with Crippen molar-refractivity contribution in [3.8, 4) is 17.6 Å². The predicted molar refractivity (Wildman–Crippen MR) is 156 cm³/mol. The van der Waals surface area contributed by atoms with Gasteiger partial charge in [-0.1, -0.05) is 12.0 Å². The number of aromatic carboxylic acids is 1. The van der Waals surface area contributed by atoms with Crippen molar-refractivity contribution in [1.29, 1.82) is 0 Å². The SMILES string of the molecule is COc1cc(C(=O)O)ccc1NCC#Cc1cc2c(N[C@@H]3CCN(C(C)(C)C)C[C@@H]3F)cccc2n1CCC(F)(F)F. The lowest BCUT2D eigenvalue weighted by Gasteiger charge is -2.42. The van der Waals surface area contributed by atoms with Crippen LogP contribution in [0.2, 0.25) is 0 Å². The fraction of sp³-hybridized carbons (Fsp3) is 0.452. The summed E-state index contributed by atoms with van der Waals surface area (Å²) in [6.45, 7) is 7.03. The van der Waals surface area contributed by atoms with Gasteiger partial charge in [-0.25, -0.2) is 9.18 Å². The van der Waals surface area contributed by atoms with Crippen molar-refractivity contribution in [2.24, 2.45) is 0 Å². The molecule has 0 unspecified atom stereocenters. The average molecular weight is 589 g/mol. The van der Waals surface area contributed by atoms with Gasteiger partial charge >= 0.3 is 12.1 Å². The van der Waals surface area contributed by atoms with E-state index in [2.05, 4.69) is 48.1 Å². The molecular weight excluding hydrogens is 552 g/mol. The molecule has 42 heavy (non-hydrogen) atoms. The fourth-order valence-electron chi connectivity index (χ4n) is 5.11. The van der Waals surface area contributed by atoms with Gasteiger partial charge in [0, 0.05) is 36.2 Å². The van der Waals surface area contributed by atoms with Crippen LogP contribution in [-0.2, 0) is 6.54 Å². The lowest BCUT2D eigenvalue weighted by atomic mass is 9.96. The Morgan fingerprint density at radius 3 is 2.55 bits per heavy atom. The Labute approximate surface area is 242 Å². The Kier molecular flexibility index (Phi) is 9.26. The summed E-state index contributed by atoms with van der Waals surface area (Å²) < 4.78 is 61.6. The number of halogens is 4. The highest BCUT2D eigenvalue weighted by Gasteiger charge is 2.34. The molecule has 1 aliphatic rings. The Bertz CT molecular complexity index is 1480. The molecule has 1 fully saturated rings. The molecule has 1 aliphatic heterocycles. The summed E-state index contributed by atoms with van der Waals surface area (Å²) in [6.07, 6.45) is -5.88. The molecule has 4 rings (SSSR count). The Morgan fingerprint density at radius 1 is 1.14 bits per heavy atom. The molecule has 0 spiro atoms. The van der Waals surface area contributed by atoms with E-state index in [1.807, 2.05) is 6.07 Å². The van der Waals surface area contributed by atoms with Crippen LogP contribution in [0.3, 0.4) is 0 Å². The highest BCUT2D eigenvalue weighted by Crippen LogP contribution is 2.32. The number of anilines is 2. The molecule has 3 aromatic rings. The van der Waals surface area contributed by atoms with E-state index >= 15 is 4.39 Å². The first-order valence-electron chi connectivity index (χ1n) is 13.8. The maximum absolute atomic E-state index is 15.2. The van der Waals surface area contributed by atoms with E-state index < -0.39 is 30.8 Å². The van der Waals surface area contributed by atoms with Crippen LogP contribution in [0.15, 0.2) is 42.5 Å². The topological polar surface area (TPSA) is 78.8 Å². The van der Waals surface area contributed by atoms with E-state index in [1.54, 1.807) is 28.8 Å². The van der Waals surface area contributed by atoms with Crippen molar-refractivity contribution in [3.05, 3.63) is 53.7 Å². The Balaban J connectivity index is 1.58. The Hall–Kier alpha value is -3.91. The van der Waals surface area contributed by atoms with Gasteiger partial charge in [-0.15, -0.1) is 0 Å². The number of carboxylic acid groups (broad SMARTS) is 1. The first-order valence-corrected chi connectivity index (χ1v) is 13.8. The van der Waals surface area contributed by atoms with Crippen molar-refractivity contribution in [2.45, 2.75) is 64.1 Å². The van der Waals surface area contributed by atoms with Crippen molar-refractivity contribution in [3.63, 3.8) is 0 Å². The molecule has 11 heteroatoms. The minimum absolute atomic E-state index is 0.0703. The molecule has 2 atom stereocenters.